The minimum atomic E-state index is -4.60. The summed E-state index contributed by atoms with van der Waals surface area (Å²) in [5.41, 5.74) is 2.18. The molecule has 0 bridgehead atoms. The van der Waals surface area contributed by atoms with Gasteiger partial charge in [0.25, 0.3) is 0 Å². The fourth-order valence-corrected chi connectivity index (χ4v) is 5.43. The highest BCUT2D eigenvalue weighted by Crippen LogP contribution is 2.30. The van der Waals surface area contributed by atoms with Crippen molar-refractivity contribution >= 4 is 21.6 Å². The molecule has 9 heteroatoms. The Morgan fingerprint density at radius 2 is 1.70 bits per heavy atom. The fraction of sp³-hybridized carbons (Fsp3) is 0.250. The van der Waals surface area contributed by atoms with Crippen LogP contribution >= 0.6 is 11.6 Å². The van der Waals surface area contributed by atoms with Gasteiger partial charge in [0.05, 0.1) is 10.5 Å². The molecular weight excluding hydrogens is 473 g/mol. The highest BCUT2D eigenvalue weighted by molar-refractivity contribution is 7.89. The van der Waals surface area contributed by atoms with E-state index in [-0.39, 0.29) is 10.9 Å². The van der Waals surface area contributed by atoms with Crippen LogP contribution in [-0.2, 0) is 22.7 Å². The van der Waals surface area contributed by atoms with Gasteiger partial charge in [-0.2, -0.15) is 13.2 Å². The number of hydrogen-bond acceptors (Lipinski definition) is 3. The van der Waals surface area contributed by atoms with Crippen molar-refractivity contribution in [2.45, 2.75) is 30.1 Å². The predicted octanol–water partition coefficient (Wildman–Crippen LogP) is 5.58. The molecule has 0 saturated carbocycles. The molecule has 4 nitrogen and oxygen atoms in total. The first-order valence-electron chi connectivity index (χ1n) is 10.4. The molecule has 1 aliphatic rings. The SMILES string of the molecule is O=S(=O)(NC1CCN(Cc2ccc(-c3cccc(Cl)c3)cc2)C1)c1cccc(C(F)(F)F)c1. The molecule has 3 aromatic carbocycles. The molecule has 1 fully saturated rings. The summed E-state index contributed by atoms with van der Waals surface area (Å²) in [6.45, 7) is 1.82. The number of nitrogens with one attached hydrogen (secondary N) is 1. The van der Waals surface area contributed by atoms with Crippen molar-refractivity contribution in [2.24, 2.45) is 0 Å². The van der Waals surface area contributed by atoms with Crippen molar-refractivity contribution in [1.82, 2.24) is 9.62 Å². The first-order valence-corrected chi connectivity index (χ1v) is 12.2. The summed E-state index contributed by atoms with van der Waals surface area (Å²) in [7, 11) is -4.05. The summed E-state index contributed by atoms with van der Waals surface area (Å²) in [5.74, 6) is 0. The highest BCUT2D eigenvalue weighted by atomic mass is 35.5. The molecule has 0 radical (unpaired) electrons. The maximum absolute atomic E-state index is 12.9. The van der Waals surface area contributed by atoms with Gasteiger partial charge in [-0.3, -0.25) is 4.90 Å². The number of rotatable bonds is 6. The van der Waals surface area contributed by atoms with E-state index in [0.29, 0.717) is 37.1 Å². The lowest BCUT2D eigenvalue weighted by molar-refractivity contribution is -0.137. The molecule has 1 heterocycles. The van der Waals surface area contributed by atoms with Crippen LogP contribution in [0.5, 0.6) is 0 Å². The van der Waals surface area contributed by atoms with Gasteiger partial charge in [-0.25, -0.2) is 13.1 Å². The Hall–Kier alpha value is -2.39. The largest absolute Gasteiger partial charge is 0.416 e. The number of likely N-dealkylation sites (tertiary alicyclic amines) is 1. The number of hydrogen-bond donors (Lipinski definition) is 1. The maximum Gasteiger partial charge on any atom is 0.416 e. The van der Waals surface area contributed by atoms with Gasteiger partial charge < -0.3 is 0 Å². The molecule has 1 unspecified atom stereocenters. The average Bonchev–Trinajstić information content (AvgIpc) is 3.20. The second-order valence-corrected chi connectivity index (χ2v) is 10.2. The smallest absolute Gasteiger partial charge is 0.297 e. The Balaban J connectivity index is 1.37. The summed E-state index contributed by atoms with van der Waals surface area (Å²) >= 11 is 6.06. The first kappa shape index (κ1) is 23.8. The number of nitrogens with zero attached hydrogens (tertiary/aromatic N) is 1. The number of alkyl halides is 3. The van der Waals surface area contributed by atoms with E-state index < -0.39 is 21.8 Å². The van der Waals surface area contributed by atoms with Gasteiger partial charge in [0.1, 0.15) is 0 Å². The van der Waals surface area contributed by atoms with Crippen LogP contribution < -0.4 is 4.72 Å². The van der Waals surface area contributed by atoms with Crippen molar-refractivity contribution in [2.75, 3.05) is 13.1 Å². The Morgan fingerprint density at radius 3 is 2.39 bits per heavy atom. The van der Waals surface area contributed by atoms with Gasteiger partial charge in [-0.05, 0) is 53.4 Å². The van der Waals surface area contributed by atoms with Crippen LogP contribution in [0.25, 0.3) is 11.1 Å². The van der Waals surface area contributed by atoms with Gasteiger partial charge in [0.15, 0.2) is 0 Å². The third kappa shape index (κ3) is 5.95. The number of sulfonamides is 1. The molecule has 0 spiro atoms. The van der Waals surface area contributed by atoms with Gasteiger partial charge in [-0.15, -0.1) is 0 Å². The minimum Gasteiger partial charge on any atom is -0.297 e. The van der Waals surface area contributed by atoms with E-state index >= 15 is 0 Å². The second kappa shape index (κ2) is 9.46. The topological polar surface area (TPSA) is 49.4 Å². The van der Waals surface area contributed by atoms with E-state index in [1.165, 1.54) is 6.07 Å². The molecule has 0 amide bonds. The molecule has 0 aliphatic carbocycles. The zero-order chi connectivity index (χ0) is 23.6. The summed E-state index contributed by atoms with van der Waals surface area (Å²) < 4.78 is 66.6. The van der Waals surface area contributed by atoms with Crippen molar-refractivity contribution < 1.29 is 21.6 Å². The van der Waals surface area contributed by atoms with E-state index in [4.69, 9.17) is 11.6 Å². The third-order valence-corrected chi connectivity index (χ3v) is 7.34. The summed E-state index contributed by atoms with van der Waals surface area (Å²) in [6, 6.07) is 19.1. The van der Waals surface area contributed by atoms with Crippen LogP contribution in [0.4, 0.5) is 13.2 Å². The molecule has 1 N–H and O–H groups in total. The Labute approximate surface area is 196 Å². The number of halogens is 4. The van der Waals surface area contributed by atoms with E-state index in [2.05, 4.69) is 9.62 Å². The molecule has 1 saturated heterocycles. The molecule has 3 aromatic rings. The Kier molecular flexibility index (Phi) is 6.81. The Bertz CT molecular complexity index is 1230. The molecule has 0 aromatic heterocycles. The molecule has 1 atom stereocenters. The lowest BCUT2D eigenvalue weighted by Crippen LogP contribution is -2.37. The van der Waals surface area contributed by atoms with E-state index in [1.807, 2.05) is 48.5 Å². The third-order valence-electron chi connectivity index (χ3n) is 5.58. The van der Waals surface area contributed by atoms with Gasteiger partial charge >= 0.3 is 6.18 Å². The molecular formula is C24H22ClF3N2O2S. The average molecular weight is 495 g/mol. The summed E-state index contributed by atoms with van der Waals surface area (Å²) in [4.78, 5) is 1.74. The van der Waals surface area contributed by atoms with E-state index in [0.717, 1.165) is 28.8 Å². The quantitative estimate of drug-likeness (QED) is 0.487. The lowest BCUT2D eigenvalue weighted by Gasteiger charge is -2.17. The number of benzene rings is 3. The van der Waals surface area contributed by atoms with Crippen LogP contribution in [0, 0.1) is 0 Å². The van der Waals surface area contributed by atoms with Crippen LogP contribution in [0.3, 0.4) is 0 Å². The highest BCUT2D eigenvalue weighted by Gasteiger charge is 2.33. The van der Waals surface area contributed by atoms with Gasteiger partial charge in [0, 0.05) is 30.7 Å². The summed E-state index contributed by atoms with van der Waals surface area (Å²) in [5, 5.41) is 0.673. The molecule has 1 aliphatic heterocycles. The van der Waals surface area contributed by atoms with Gasteiger partial charge in [0.2, 0.25) is 10.0 Å². The van der Waals surface area contributed by atoms with Crippen molar-refractivity contribution in [3.05, 3.63) is 88.9 Å². The molecule has 4 rings (SSSR count). The van der Waals surface area contributed by atoms with Crippen molar-refractivity contribution in [1.29, 1.82) is 0 Å². The monoisotopic (exact) mass is 494 g/mol. The first-order chi connectivity index (χ1) is 15.6. The van der Waals surface area contributed by atoms with Crippen LogP contribution in [0.1, 0.15) is 17.5 Å². The predicted molar refractivity (Wildman–Crippen MR) is 122 cm³/mol. The summed E-state index contributed by atoms with van der Waals surface area (Å²) in [6.07, 6.45) is -4.02. The molecule has 33 heavy (non-hydrogen) atoms. The van der Waals surface area contributed by atoms with Crippen molar-refractivity contribution in [3.63, 3.8) is 0 Å². The zero-order valence-electron chi connectivity index (χ0n) is 17.5. The normalized spacial score (nSPS) is 17.4. The van der Waals surface area contributed by atoms with Gasteiger partial charge in [-0.1, -0.05) is 54.1 Å². The minimum absolute atomic E-state index is 0.365. The Morgan fingerprint density at radius 1 is 0.970 bits per heavy atom. The van der Waals surface area contributed by atoms with Crippen LogP contribution in [-0.4, -0.2) is 32.4 Å². The van der Waals surface area contributed by atoms with E-state index in [9.17, 15) is 21.6 Å². The molecule has 174 valence electrons. The van der Waals surface area contributed by atoms with Crippen LogP contribution in [0.2, 0.25) is 5.02 Å². The lowest BCUT2D eigenvalue weighted by atomic mass is 10.0. The van der Waals surface area contributed by atoms with Crippen molar-refractivity contribution in [3.8, 4) is 11.1 Å². The second-order valence-electron chi connectivity index (χ2n) is 8.07. The standard InChI is InChI=1S/C24H22ClF3N2O2S/c25-21-5-1-3-19(13-21)18-9-7-17(8-10-18)15-30-12-11-22(16-30)29-33(31,32)23-6-2-4-20(14-23)24(26,27)28/h1-10,13-14,22,29H,11-12,15-16H2. The zero-order valence-corrected chi connectivity index (χ0v) is 19.1. The fourth-order valence-electron chi connectivity index (χ4n) is 3.93. The maximum atomic E-state index is 12.9. The van der Waals surface area contributed by atoms with E-state index in [1.54, 1.807) is 0 Å². The van der Waals surface area contributed by atoms with Crippen LogP contribution in [0.15, 0.2) is 77.7 Å².